The third kappa shape index (κ3) is 4.34. The van der Waals surface area contributed by atoms with E-state index in [2.05, 4.69) is 15.9 Å². The molecule has 0 amide bonds. The first-order valence-corrected chi connectivity index (χ1v) is 8.46. The van der Waals surface area contributed by atoms with Crippen molar-refractivity contribution in [2.45, 2.75) is 51.1 Å². The number of hydrogen-bond donors (Lipinski definition) is 0. The zero-order valence-electron chi connectivity index (χ0n) is 12.1. The number of ether oxygens (including phenoxy) is 4. The molecule has 2 heterocycles. The highest BCUT2D eigenvalue weighted by Crippen LogP contribution is 2.32. The molecule has 0 bridgehead atoms. The Morgan fingerprint density at radius 3 is 2.19 bits per heavy atom. The van der Waals surface area contributed by atoms with Crippen molar-refractivity contribution in [3.05, 3.63) is 22.7 Å². The quantitative estimate of drug-likeness (QED) is 0.807. The SMILES string of the molecule is Brc1ccc(O[C@@H]2CCCCO2)cc1O[C@@H]1CCCCO1. The highest BCUT2D eigenvalue weighted by molar-refractivity contribution is 9.10. The molecule has 4 nitrogen and oxygen atoms in total. The highest BCUT2D eigenvalue weighted by atomic mass is 79.9. The van der Waals surface area contributed by atoms with Crippen molar-refractivity contribution in [1.29, 1.82) is 0 Å². The third-order valence-corrected chi connectivity index (χ3v) is 4.36. The van der Waals surface area contributed by atoms with Crippen molar-refractivity contribution < 1.29 is 18.9 Å². The molecule has 0 aliphatic carbocycles. The summed E-state index contributed by atoms with van der Waals surface area (Å²) in [6, 6.07) is 5.77. The Balaban J connectivity index is 1.63. The summed E-state index contributed by atoms with van der Waals surface area (Å²) in [5, 5.41) is 0. The van der Waals surface area contributed by atoms with Gasteiger partial charge in [0.05, 0.1) is 17.7 Å². The van der Waals surface area contributed by atoms with Crippen molar-refractivity contribution in [3.8, 4) is 11.5 Å². The molecule has 3 rings (SSSR count). The van der Waals surface area contributed by atoms with Crippen LogP contribution in [-0.4, -0.2) is 25.8 Å². The molecule has 2 aliphatic rings. The van der Waals surface area contributed by atoms with E-state index in [-0.39, 0.29) is 12.6 Å². The van der Waals surface area contributed by atoms with Crippen LogP contribution in [0.5, 0.6) is 11.5 Å². The van der Waals surface area contributed by atoms with Crippen molar-refractivity contribution >= 4 is 15.9 Å². The van der Waals surface area contributed by atoms with Gasteiger partial charge >= 0.3 is 0 Å². The van der Waals surface area contributed by atoms with Gasteiger partial charge in [0.1, 0.15) is 11.5 Å². The fourth-order valence-corrected chi connectivity index (χ4v) is 2.89. The summed E-state index contributed by atoms with van der Waals surface area (Å²) in [6.07, 6.45) is 6.11. The first-order valence-electron chi connectivity index (χ1n) is 7.67. The van der Waals surface area contributed by atoms with E-state index in [9.17, 15) is 0 Å². The van der Waals surface area contributed by atoms with Gasteiger partial charge in [-0.25, -0.2) is 0 Å². The van der Waals surface area contributed by atoms with Crippen LogP contribution in [0, 0.1) is 0 Å². The van der Waals surface area contributed by atoms with Crippen molar-refractivity contribution in [2.75, 3.05) is 13.2 Å². The minimum atomic E-state index is -0.156. The zero-order valence-corrected chi connectivity index (χ0v) is 13.6. The van der Waals surface area contributed by atoms with Gasteiger partial charge < -0.3 is 18.9 Å². The average Bonchev–Trinajstić information content (AvgIpc) is 2.53. The summed E-state index contributed by atoms with van der Waals surface area (Å²) in [7, 11) is 0. The van der Waals surface area contributed by atoms with Gasteiger partial charge in [-0.15, -0.1) is 0 Å². The van der Waals surface area contributed by atoms with Gasteiger partial charge in [0.2, 0.25) is 0 Å². The maximum Gasteiger partial charge on any atom is 0.199 e. The van der Waals surface area contributed by atoms with Crippen LogP contribution in [0.4, 0.5) is 0 Å². The van der Waals surface area contributed by atoms with Crippen LogP contribution >= 0.6 is 15.9 Å². The summed E-state index contributed by atoms with van der Waals surface area (Å²) in [6.45, 7) is 1.55. The molecule has 0 saturated carbocycles. The first-order chi connectivity index (χ1) is 10.3. The molecule has 1 aromatic carbocycles. The first kappa shape index (κ1) is 15.1. The number of benzene rings is 1. The van der Waals surface area contributed by atoms with E-state index in [0.717, 1.165) is 67.7 Å². The van der Waals surface area contributed by atoms with E-state index in [1.807, 2.05) is 18.2 Å². The Morgan fingerprint density at radius 2 is 1.57 bits per heavy atom. The van der Waals surface area contributed by atoms with Gasteiger partial charge in [-0.3, -0.25) is 0 Å². The molecule has 2 saturated heterocycles. The van der Waals surface area contributed by atoms with E-state index >= 15 is 0 Å². The van der Waals surface area contributed by atoms with Crippen molar-refractivity contribution in [3.63, 3.8) is 0 Å². The van der Waals surface area contributed by atoms with Crippen molar-refractivity contribution in [1.82, 2.24) is 0 Å². The summed E-state index contributed by atoms with van der Waals surface area (Å²) < 4.78 is 23.9. The highest BCUT2D eigenvalue weighted by Gasteiger charge is 2.19. The largest absolute Gasteiger partial charge is 0.465 e. The second-order valence-corrected chi connectivity index (χ2v) is 6.27. The molecule has 2 fully saturated rings. The number of halogens is 1. The van der Waals surface area contributed by atoms with Gasteiger partial charge in [0.25, 0.3) is 0 Å². The Labute approximate surface area is 133 Å². The molecular formula is C16H21BrO4. The predicted octanol–water partition coefficient (Wildman–Crippen LogP) is 4.26. The van der Waals surface area contributed by atoms with Crippen molar-refractivity contribution in [2.24, 2.45) is 0 Å². The molecule has 0 aromatic heterocycles. The molecule has 5 heteroatoms. The summed E-state index contributed by atoms with van der Waals surface area (Å²) in [5.41, 5.74) is 0. The molecule has 0 spiro atoms. The van der Waals surface area contributed by atoms with Crippen LogP contribution in [0.1, 0.15) is 38.5 Å². The lowest BCUT2D eigenvalue weighted by Crippen LogP contribution is -2.26. The molecule has 116 valence electrons. The number of rotatable bonds is 4. The van der Waals surface area contributed by atoms with E-state index in [0.29, 0.717) is 0 Å². The minimum absolute atomic E-state index is 0.140. The number of hydrogen-bond acceptors (Lipinski definition) is 4. The Bertz CT molecular complexity index is 454. The second kappa shape index (κ2) is 7.47. The van der Waals surface area contributed by atoms with Crippen LogP contribution in [0.25, 0.3) is 0 Å². The summed E-state index contributed by atoms with van der Waals surface area (Å²) >= 11 is 3.52. The van der Waals surface area contributed by atoms with Crippen LogP contribution in [-0.2, 0) is 9.47 Å². The molecule has 2 atom stereocenters. The van der Waals surface area contributed by atoms with Crippen LogP contribution in [0.2, 0.25) is 0 Å². The van der Waals surface area contributed by atoms with Gasteiger partial charge in [0.15, 0.2) is 12.6 Å². The predicted molar refractivity (Wildman–Crippen MR) is 82.6 cm³/mol. The Kier molecular flexibility index (Phi) is 5.38. The maximum atomic E-state index is 5.93. The zero-order chi connectivity index (χ0) is 14.5. The minimum Gasteiger partial charge on any atom is -0.465 e. The Morgan fingerprint density at radius 1 is 0.905 bits per heavy atom. The average molecular weight is 357 g/mol. The molecule has 0 radical (unpaired) electrons. The fraction of sp³-hybridized carbons (Fsp3) is 0.625. The van der Waals surface area contributed by atoms with E-state index < -0.39 is 0 Å². The smallest absolute Gasteiger partial charge is 0.199 e. The van der Waals surface area contributed by atoms with Crippen LogP contribution in [0.15, 0.2) is 22.7 Å². The molecule has 2 aliphatic heterocycles. The third-order valence-electron chi connectivity index (χ3n) is 3.70. The monoisotopic (exact) mass is 356 g/mol. The van der Waals surface area contributed by atoms with E-state index in [1.165, 1.54) is 0 Å². The van der Waals surface area contributed by atoms with Gasteiger partial charge in [-0.1, -0.05) is 0 Å². The van der Waals surface area contributed by atoms with Crippen LogP contribution < -0.4 is 9.47 Å². The summed E-state index contributed by atoms with van der Waals surface area (Å²) in [5.74, 6) is 1.53. The second-order valence-electron chi connectivity index (χ2n) is 5.42. The summed E-state index contributed by atoms with van der Waals surface area (Å²) in [4.78, 5) is 0. The van der Waals surface area contributed by atoms with Crippen LogP contribution in [0.3, 0.4) is 0 Å². The molecule has 0 N–H and O–H groups in total. The molecule has 0 unspecified atom stereocenters. The molecular weight excluding hydrogens is 336 g/mol. The molecule has 21 heavy (non-hydrogen) atoms. The van der Waals surface area contributed by atoms with Gasteiger partial charge in [0, 0.05) is 18.9 Å². The molecule has 1 aromatic rings. The lowest BCUT2D eigenvalue weighted by Gasteiger charge is -2.25. The van der Waals surface area contributed by atoms with Gasteiger partial charge in [-0.05, 0) is 53.7 Å². The normalized spacial score (nSPS) is 26.3. The Hall–Kier alpha value is -0.780. The van der Waals surface area contributed by atoms with E-state index in [1.54, 1.807) is 0 Å². The standard InChI is InChI=1S/C16H21BrO4/c17-13-8-7-12(20-15-5-1-3-9-18-15)11-14(13)21-16-6-2-4-10-19-16/h7-8,11,15-16H,1-6,9-10H2/t15-,16-/m1/s1. The lowest BCUT2D eigenvalue weighted by atomic mass is 10.2. The topological polar surface area (TPSA) is 36.9 Å². The fourth-order valence-electron chi connectivity index (χ4n) is 2.55. The van der Waals surface area contributed by atoms with E-state index in [4.69, 9.17) is 18.9 Å². The van der Waals surface area contributed by atoms with Gasteiger partial charge in [-0.2, -0.15) is 0 Å². The lowest BCUT2D eigenvalue weighted by molar-refractivity contribution is -0.109. The maximum absolute atomic E-state index is 5.93.